The highest BCUT2D eigenvalue weighted by molar-refractivity contribution is 5.96. The molecule has 2 heterocycles. The number of rotatable bonds is 4. The highest BCUT2D eigenvalue weighted by Crippen LogP contribution is 2.21. The molecule has 1 amide bonds. The molecule has 6 heteroatoms. The molecule has 0 bridgehead atoms. The number of benzene rings is 1. The second-order valence-corrected chi connectivity index (χ2v) is 6.68. The fourth-order valence-corrected chi connectivity index (χ4v) is 3.53. The molecule has 1 aliphatic rings. The largest absolute Gasteiger partial charge is 0.355 e. The molecule has 1 aromatic heterocycles. The van der Waals surface area contributed by atoms with Gasteiger partial charge in [-0.25, -0.2) is 4.39 Å². The zero-order valence-corrected chi connectivity index (χ0v) is 15.1. The Morgan fingerprint density at radius 3 is 2.88 bits per heavy atom. The Morgan fingerprint density at radius 1 is 1.40 bits per heavy atom. The number of carbonyl (C=O) groups excluding carboxylic acids is 1. The highest BCUT2D eigenvalue weighted by Gasteiger charge is 2.24. The highest BCUT2D eigenvalue weighted by atomic mass is 19.1. The lowest BCUT2D eigenvalue weighted by Crippen LogP contribution is -2.48. The Hall–Kier alpha value is -2.37. The first-order valence-electron chi connectivity index (χ1n) is 8.82. The van der Waals surface area contributed by atoms with E-state index in [0.717, 1.165) is 43.0 Å². The zero-order chi connectivity index (χ0) is 18.0. The Morgan fingerprint density at radius 2 is 2.20 bits per heavy atom. The first kappa shape index (κ1) is 17.5. The lowest BCUT2D eigenvalue weighted by atomic mass is 10.0. The predicted molar refractivity (Wildman–Crippen MR) is 96.4 cm³/mol. The van der Waals surface area contributed by atoms with E-state index >= 15 is 0 Å². The van der Waals surface area contributed by atoms with Crippen LogP contribution >= 0.6 is 0 Å². The third kappa shape index (κ3) is 3.83. The van der Waals surface area contributed by atoms with Gasteiger partial charge in [0.1, 0.15) is 11.6 Å². The molecule has 0 aliphatic carbocycles. The van der Waals surface area contributed by atoms with Crippen molar-refractivity contribution >= 4 is 11.7 Å². The summed E-state index contributed by atoms with van der Waals surface area (Å²) in [5.74, 6) is 0.499. The van der Waals surface area contributed by atoms with Gasteiger partial charge in [0.05, 0.1) is 5.69 Å². The van der Waals surface area contributed by atoms with Crippen LogP contribution in [0.3, 0.4) is 0 Å². The monoisotopic (exact) mass is 344 g/mol. The van der Waals surface area contributed by atoms with Gasteiger partial charge in [-0.3, -0.25) is 9.48 Å². The van der Waals surface area contributed by atoms with Gasteiger partial charge in [0.2, 0.25) is 0 Å². The number of nitrogens with zero attached hydrogens (tertiary/aromatic N) is 3. The van der Waals surface area contributed by atoms with Crippen LogP contribution in [0.4, 0.5) is 10.2 Å². The number of halogens is 1. The van der Waals surface area contributed by atoms with Crippen molar-refractivity contribution in [3.8, 4) is 0 Å². The lowest BCUT2D eigenvalue weighted by molar-refractivity contribution is 0.0931. The number of hydrogen-bond acceptors (Lipinski definition) is 3. The lowest BCUT2D eigenvalue weighted by Gasteiger charge is -2.34. The number of amides is 1. The van der Waals surface area contributed by atoms with Gasteiger partial charge in [-0.15, -0.1) is 0 Å². The molecular formula is C19H25FN4O. The van der Waals surface area contributed by atoms with Crippen LogP contribution in [-0.2, 0) is 13.5 Å². The zero-order valence-electron chi connectivity index (χ0n) is 15.1. The van der Waals surface area contributed by atoms with Crippen molar-refractivity contribution in [3.63, 3.8) is 0 Å². The maximum atomic E-state index is 13.6. The molecule has 0 radical (unpaired) electrons. The molecule has 25 heavy (non-hydrogen) atoms. The van der Waals surface area contributed by atoms with Gasteiger partial charge in [0.25, 0.3) is 5.91 Å². The minimum absolute atomic E-state index is 0.0458. The molecule has 1 fully saturated rings. The SMILES string of the molecule is CCc1ccc(F)cc1C(=O)NC1CCCN(c2cc(C)nn2C)C1. The number of hydrogen-bond donors (Lipinski definition) is 1. The van der Waals surface area contributed by atoms with E-state index in [4.69, 9.17) is 0 Å². The quantitative estimate of drug-likeness (QED) is 0.928. The molecule has 1 atom stereocenters. The topological polar surface area (TPSA) is 50.2 Å². The second kappa shape index (κ2) is 7.25. The Kier molecular flexibility index (Phi) is 5.06. The average molecular weight is 344 g/mol. The Balaban J connectivity index is 1.71. The summed E-state index contributed by atoms with van der Waals surface area (Å²) in [4.78, 5) is 14.9. The van der Waals surface area contributed by atoms with E-state index in [0.29, 0.717) is 12.0 Å². The van der Waals surface area contributed by atoms with E-state index in [-0.39, 0.29) is 17.8 Å². The smallest absolute Gasteiger partial charge is 0.251 e. The molecule has 1 aromatic carbocycles. The number of nitrogens with one attached hydrogen (secondary N) is 1. The van der Waals surface area contributed by atoms with Crippen molar-refractivity contribution in [2.45, 2.75) is 39.2 Å². The fourth-order valence-electron chi connectivity index (χ4n) is 3.53. The van der Waals surface area contributed by atoms with E-state index in [2.05, 4.69) is 21.4 Å². The van der Waals surface area contributed by atoms with E-state index < -0.39 is 0 Å². The predicted octanol–water partition coefficient (Wildman–Crippen LogP) is 2.83. The normalized spacial score (nSPS) is 17.6. The van der Waals surface area contributed by atoms with Gasteiger partial charge in [-0.05, 0) is 43.9 Å². The van der Waals surface area contributed by atoms with Gasteiger partial charge in [0, 0.05) is 37.8 Å². The molecule has 1 unspecified atom stereocenters. The number of carbonyl (C=O) groups is 1. The Labute approximate surface area is 147 Å². The third-order valence-corrected chi connectivity index (χ3v) is 4.76. The van der Waals surface area contributed by atoms with Gasteiger partial charge in [0.15, 0.2) is 0 Å². The molecule has 3 rings (SSSR count). The van der Waals surface area contributed by atoms with Crippen LogP contribution in [0.25, 0.3) is 0 Å². The fraction of sp³-hybridized carbons (Fsp3) is 0.474. The number of anilines is 1. The maximum absolute atomic E-state index is 13.6. The van der Waals surface area contributed by atoms with E-state index in [1.807, 2.05) is 25.6 Å². The van der Waals surface area contributed by atoms with Crippen molar-refractivity contribution in [1.82, 2.24) is 15.1 Å². The minimum Gasteiger partial charge on any atom is -0.355 e. The summed E-state index contributed by atoms with van der Waals surface area (Å²) in [6.07, 6.45) is 2.63. The molecule has 2 aromatic rings. The minimum atomic E-state index is -0.377. The van der Waals surface area contributed by atoms with Crippen LogP contribution in [0.15, 0.2) is 24.3 Å². The van der Waals surface area contributed by atoms with Crippen molar-refractivity contribution in [2.24, 2.45) is 7.05 Å². The van der Waals surface area contributed by atoms with Gasteiger partial charge in [-0.1, -0.05) is 13.0 Å². The molecule has 1 aliphatic heterocycles. The van der Waals surface area contributed by atoms with Crippen molar-refractivity contribution in [2.75, 3.05) is 18.0 Å². The third-order valence-electron chi connectivity index (χ3n) is 4.76. The average Bonchev–Trinajstić information content (AvgIpc) is 2.93. The van der Waals surface area contributed by atoms with Crippen molar-refractivity contribution in [3.05, 3.63) is 46.9 Å². The van der Waals surface area contributed by atoms with Crippen LogP contribution in [0.1, 0.15) is 41.4 Å². The summed E-state index contributed by atoms with van der Waals surface area (Å²) in [5.41, 5.74) is 2.29. The van der Waals surface area contributed by atoms with Crippen molar-refractivity contribution in [1.29, 1.82) is 0 Å². The van der Waals surface area contributed by atoms with Crippen LogP contribution < -0.4 is 10.2 Å². The first-order valence-corrected chi connectivity index (χ1v) is 8.82. The van der Waals surface area contributed by atoms with Gasteiger partial charge >= 0.3 is 0 Å². The second-order valence-electron chi connectivity index (χ2n) is 6.68. The standard InChI is InChI=1S/C19H25FN4O/c1-4-14-7-8-15(20)11-17(14)19(25)21-16-6-5-9-24(12-16)18-10-13(2)22-23(18)3/h7-8,10-11,16H,4-6,9,12H2,1-3H3,(H,21,25). The molecule has 134 valence electrons. The summed E-state index contributed by atoms with van der Waals surface area (Å²) >= 11 is 0. The molecule has 5 nitrogen and oxygen atoms in total. The van der Waals surface area contributed by atoms with Crippen molar-refractivity contribution < 1.29 is 9.18 Å². The first-order chi connectivity index (χ1) is 12.0. The van der Waals surface area contributed by atoms with Crippen LogP contribution in [0.2, 0.25) is 0 Å². The van der Waals surface area contributed by atoms with Crippen LogP contribution in [-0.4, -0.2) is 34.8 Å². The summed E-state index contributed by atoms with van der Waals surface area (Å²) in [6, 6.07) is 6.54. The van der Waals surface area contributed by atoms with E-state index in [9.17, 15) is 9.18 Å². The number of piperidine rings is 1. The Bertz CT molecular complexity index is 771. The van der Waals surface area contributed by atoms with Gasteiger partial charge < -0.3 is 10.2 Å². The summed E-state index contributed by atoms with van der Waals surface area (Å²) < 4.78 is 15.4. The number of aromatic nitrogens is 2. The van der Waals surface area contributed by atoms with E-state index in [1.165, 1.54) is 12.1 Å². The maximum Gasteiger partial charge on any atom is 0.251 e. The summed E-state index contributed by atoms with van der Waals surface area (Å²) in [6.45, 7) is 5.63. The summed E-state index contributed by atoms with van der Waals surface area (Å²) in [7, 11) is 1.94. The van der Waals surface area contributed by atoms with Crippen LogP contribution in [0, 0.1) is 12.7 Å². The molecule has 1 N–H and O–H groups in total. The molecule has 1 saturated heterocycles. The number of aryl methyl sites for hydroxylation is 3. The summed E-state index contributed by atoms with van der Waals surface area (Å²) in [5, 5.41) is 7.48. The molecule has 0 saturated carbocycles. The van der Waals surface area contributed by atoms with E-state index in [1.54, 1.807) is 6.07 Å². The molecular weight excluding hydrogens is 319 g/mol. The molecule has 0 spiro atoms. The van der Waals surface area contributed by atoms with Gasteiger partial charge in [-0.2, -0.15) is 5.10 Å². The van der Waals surface area contributed by atoms with Crippen LogP contribution in [0.5, 0.6) is 0 Å².